The molecule has 0 aliphatic heterocycles. The molecule has 0 spiro atoms. The molecule has 130 valence electrons. The summed E-state index contributed by atoms with van der Waals surface area (Å²) in [7, 11) is 1.81. The molecular formula is C19H21FN4O. The maximum Gasteiger partial charge on any atom is 0.221 e. The Hall–Kier alpha value is -2.73. The Morgan fingerprint density at radius 3 is 2.72 bits per heavy atom. The summed E-state index contributed by atoms with van der Waals surface area (Å²) in [4.78, 5) is 16.6. The van der Waals surface area contributed by atoms with Crippen molar-refractivity contribution in [2.45, 2.75) is 19.0 Å². The van der Waals surface area contributed by atoms with Gasteiger partial charge in [-0.25, -0.2) is 9.37 Å². The topological polar surface area (TPSA) is 59.0 Å². The number of carbonyl (C=O) groups excluding carboxylic acids is 1. The van der Waals surface area contributed by atoms with E-state index in [1.807, 2.05) is 35.9 Å². The van der Waals surface area contributed by atoms with Crippen molar-refractivity contribution in [2.24, 2.45) is 0 Å². The quantitative estimate of drug-likeness (QED) is 0.695. The lowest BCUT2D eigenvalue weighted by Crippen LogP contribution is -2.32. The van der Waals surface area contributed by atoms with Gasteiger partial charge in [0.1, 0.15) is 5.82 Å². The fourth-order valence-electron chi connectivity index (χ4n) is 2.79. The molecule has 0 saturated carbocycles. The third-order valence-electron chi connectivity index (χ3n) is 4.12. The van der Waals surface area contributed by atoms with E-state index in [0.717, 1.165) is 16.6 Å². The third kappa shape index (κ3) is 4.22. The molecule has 1 unspecified atom stereocenters. The number of benzene rings is 2. The molecule has 0 bridgehead atoms. The fraction of sp³-hybridized carbons (Fsp3) is 0.263. The van der Waals surface area contributed by atoms with Crippen molar-refractivity contribution in [1.82, 2.24) is 20.2 Å². The van der Waals surface area contributed by atoms with E-state index in [2.05, 4.69) is 15.6 Å². The van der Waals surface area contributed by atoms with E-state index in [1.165, 1.54) is 12.1 Å². The first-order chi connectivity index (χ1) is 12.2. The largest absolute Gasteiger partial charge is 0.347 e. The molecule has 1 amide bonds. The number of imidazole rings is 1. The molecular weight excluding hydrogens is 319 g/mol. The number of rotatable bonds is 7. The highest BCUT2D eigenvalue weighted by Crippen LogP contribution is 2.20. The molecule has 0 aliphatic rings. The molecule has 1 atom stereocenters. The van der Waals surface area contributed by atoms with Gasteiger partial charge in [-0.1, -0.05) is 24.3 Å². The second-order valence-electron chi connectivity index (χ2n) is 5.91. The van der Waals surface area contributed by atoms with Crippen LogP contribution in [0.1, 0.15) is 18.0 Å². The van der Waals surface area contributed by atoms with Crippen LogP contribution in [0.3, 0.4) is 0 Å². The van der Waals surface area contributed by atoms with Crippen LogP contribution in [-0.4, -0.2) is 29.1 Å². The number of carbonyl (C=O) groups is 1. The predicted molar refractivity (Wildman–Crippen MR) is 95.6 cm³/mol. The Bertz CT molecular complexity index is 844. The van der Waals surface area contributed by atoms with Crippen molar-refractivity contribution in [3.63, 3.8) is 0 Å². The van der Waals surface area contributed by atoms with Crippen molar-refractivity contribution in [3.05, 3.63) is 66.2 Å². The second-order valence-corrected chi connectivity index (χ2v) is 5.91. The normalized spacial score (nSPS) is 12.2. The first kappa shape index (κ1) is 17.1. The van der Waals surface area contributed by atoms with Crippen LogP contribution in [0, 0.1) is 5.82 Å². The van der Waals surface area contributed by atoms with Gasteiger partial charge in [0.2, 0.25) is 5.91 Å². The van der Waals surface area contributed by atoms with E-state index in [4.69, 9.17) is 0 Å². The average molecular weight is 340 g/mol. The van der Waals surface area contributed by atoms with Gasteiger partial charge in [0.05, 0.1) is 23.4 Å². The summed E-state index contributed by atoms with van der Waals surface area (Å²) in [6.07, 6.45) is 2.15. The number of nitrogens with zero attached hydrogens (tertiary/aromatic N) is 2. The third-order valence-corrected chi connectivity index (χ3v) is 4.12. The zero-order valence-corrected chi connectivity index (χ0v) is 14.1. The lowest BCUT2D eigenvalue weighted by atomic mass is 10.1. The Labute approximate surface area is 145 Å². The smallest absolute Gasteiger partial charge is 0.221 e. The first-order valence-electron chi connectivity index (χ1n) is 8.26. The lowest BCUT2D eigenvalue weighted by Gasteiger charge is -2.20. The van der Waals surface area contributed by atoms with Crippen LogP contribution in [0.15, 0.2) is 54.9 Å². The van der Waals surface area contributed by atoms with Crippen LogP contribution in [0.5, 0.6) is 0 Å². The fourth-order valence-corrected chi connectivity index (χ4v) is 2.79. The Morgan fingerprint density at radius 2 is 1.96 bits per heavy atom. The molecule has 0 saturated heterocycles. The maximum atomic E-state index is 13.3. The number of nitrogens with one attached hydrogen (secondary N) is 2. The van der Waals surface area contributed by atoms with E-state index < -0.39 is 0 Å². The molecule has 2 N–H and O–H groups in total. The lowest BCUT2D eigenvalue weighted by molar-refractivity contribution is -0.121. The average Bonchev–Trinajstić information content (AvgIpc) is 3.03. The van der Waals surface area contributed by atoms with E-state index in [0.29, 0.717) is 19.5 Å². The molecule has 0 radical (unpaired) electrons. The number of hydrogen-bond donors (Lipinski definition) is 2. The number of fused-ring (bicyclic) bond motifs is 1. The minimum Gasteiger partial charge on any atom is -0.347 e. The predicted octanol–water partition coefficient (Wildman–Crippen LogP) is 2.64. The van der Waals surface area contributed by atoms with Crippen LogP contribution in [0.4, 0.5) is 4.39 Å². The molecule has 25 heavy (non-hydrogen) atoms. The summed E-state index contributed by atoms with van der Waals surface area (Å²) in [6, 6.07) is 13.8. The number of halogens is 1. The van der Waals surface area contributed by atoms with E-state index in [1.54, 1.807) is 18.5 Å². The second kappa shape index (κ2) is 7.90. The van der Waals surface area contributed by atoms with Crippen molar-refractivity contribution < 1.29 is 9.18 Å². The van der Waals surface area contributed by atoms with Crippen LogP contribution in [0.2, 0.25) is 0 Å². The number of hydrogen-bond acceptors (Lipinski definition) is 3. The summed E-state index contributed by atoms with van der Waals surface area (Å²) < 4.78 is 15.3. The molecule has 3 rings (SSSR count). The Balaban J connectivity index is 1.85. The van der Waals surface area contributed by atoms with Crippen LogP contribution in [-0.2, 0) is 11.3 Å². The first-order valence-corrected chi connectivity index (χ1v) is 8.26. The van der Waals surface area contributed by atoms with Gasteiger partial charge in [-0.2, -0.15) is 0 Å². The summed E-state index contributed by atoms with van der Waals surface area (Å²) >= 11 is 0. The van der Waals surface area contributed by atoms with Gasteiger partial charge in [-0.05, 0) is 36.9 Å². The van der Waals surface area contributed by atoms with Crippen LogP contribution in [0.25, 0.3) is 11.0 Å². The summed E-state index contributed by atoms with van der Waals surface area (Å²) in [5, 5.41) is 6.00. The molecule has 2 aromatic carbocycles. The van der Waals surface area contributed by atoms with Crippen molar-refractivity contribution >= 4 is 16.9 Å². The summed E-state index contributed by atoms with van der Waals surface area (Å²) in [5.41, 5.74) is 2.76. The van der Waals surface area contributed by atoms with Crippen LogP contribution >= 0.6 is 0 Å². The van der Waals surface area contributed by atoms with Gasteiger partial charge in [-0.15, -0.1) is 0 Å². The Morgan fingerprint density at radius 1 is 1.20 bits per heavy atom. The summed E-state index contributed by atoms with van der Waals surface area (Å²) in [6.45, 7) is 1.13. The van der Waals surface area contributed by atoms with Crippen molar-refractivity contribution in [1.29, 1.82) is 0 Å². The zero-order valence-electron chi connectivity index (χ0n) is 14.1. The van der Waals surface area contributed by atoms with Crippen molar-refractivity contribution in [3.8, 4) is 0 Å². The van der Waals surface area contributed by atoms with E-state index in [9.17, 15) is 9.18 Å². The molecule has 3 aromatic rings. The standard InChI is InChI=1S/C19H21FN4O/c1-21-11-10-19(25)23-17(14-6-8-15(20)9-7-14)12-24-13-22-16-4-2-3-5-18(16)24/h2-9,13,17,21H,10-12H2,1H3,(H,23,25). The minimum atomic E-state index is -0.294. The zero-order chi connectivity index (χ0) is 17.6. The van der Waals surface area contributed by atoms with Gasteiger partial charge < -0.3 is 15.2 Å². The van der Waals surface area contributed by atoms with Crippen LogP contribution < -0.4 is 10.6 Å². The highest BCUT2D eigenvalue weighted by molar-refractivity contribution is 5.77. The number of aromatic nitrogens is 2. The monoisotopic (exact) mass is 340 g/mol. The molecule has 6 heteroatoms. The summed E-state index contributed by atoms with van der Waals surface area (Å²) in [5.74, 6) is -0.342. The highest BCUT2D eigenvalue weighted by Gasteiger charge is 2.16. The van der Waals surface area contributed by atoms with Gasteiger partial charge in [0, 0.05) is 19.5 Å². The highest BCUT2D eigenvalue weighted by atomic mass is 19.1. The van der Waals surface area contributed by atoms with E-state index in [-0.39, 0.29) is 17.8 Å². The number of amides is 1. The molecule has 1 aromatic heterocycles. The molecule has 0 fully saturated rings. The minimum absolute atomic E-state index is 0.0481. The maximum absolute atomic E-state index is 13.3. The number of para-hydroxylation sites is 2. The van der Waals surface area contributed by atoms with Gasteiger partial charge >= 0.3 is 0 Å². The van der Waals surface area contributed by atoms with Gasteiger partial charge in [0.25, 0.3) is 0 Å². The molecule has 0 aliphatic carbocycles. The van der Waals surface area contributed by atoms with E-state index >= 15 is 0 Å². The van der Waals surface area contributed by atoms with Crippen molar-refractivity contribution in [2.75, 3.05) is 13.6 Å². The molecule has 5 nitrogen and oxygen atoms in total. The Kier molecular flexibility index (Phi) is 5.40. The van der Waals surface area contributed by atoms with Gasteiger partial charge in [-0.3, -0.25) is 4.79 Å². The SMILES string of the molecule is CNCCC(=O)NC(Cn1cnc2ccccc21)c1ccc(F)cc1. The molecule has 1 heterocycles. The van der Waals surface area contributed by atoms with Gasteiger partial charge in [0.15, 0.2) is 0 Å².